The van der Waals surface area contributed by atoms with Crippen molar-refractivity contribution in [3.05, 3.63) is 64.1 Å². The zero-order valence-electron chi connectivity index (χ0n) is 13.9. The van der Waals surface area contributed by atoms with Gasteiger partial charge in [0.25, 0.3) is 0 Å². The molecular weight excluding hydrogens is 364 g/mol. The number of aliphatic imine (C=N–C) groups is 1. The van der Waals surface area contributed by atoms with E-state index in [0.29, 0.717) is 0 Å². The first-order valence-corrected chi connectivity index (χ1v) is 9.17. The molecule has 2 aromatic carbocycles. The van der Waals surface area contributed by atoms with E-state index in [-0.39, 0.29) is 17.9 Å². The Hall–Kier alpha value is -1.94. The van der Waals surface area contributed by atoms with Crippen LogP contribution < -0.4 is 5.32 Å². The fraction of sp³-hybridized carbons (Fsp3) is 0.300. The molecular formula is C20H21BrN2O. The second-order valence-corrected chi connectivity index (χ2v) is 6.96. The zero-order chi connectivity index (χ0) is 17.1. The van der Waals surface area contributed by atoms with Crippen LogP contribution in [0.3, 0.4) is 0 Å². The van der Waals surface area contributed by atoms with Crippen LogP contribution in [0.1, 0.15) is 37.8 Å². The topological polar surface area (TPSA) is 41.5 Å². The van der Waals surface area contributed by atoms with Gasteiger partial charge in [0.2, 0.25) is 5.91 Å². The number of benzene rings is 2. The zero-order valence-corrected chi connectivity index (χ0v) is 15.5. The van der Waals surface area contributed by atoms with E-state index in [2.05, 4.69) is 35.1 Å². The van der Waals surface area contributed by atoms with Crippen LogP contribution in [0.5, 0.6) is 0 Å². The van der Waals surface area contributed by atoms with Gasteiger partial charge >= 0.3 is 0 Å². The van der Waals surface area contributed by atoms with Crippen LogP contribution in [-0.4, -0.2) is 17.7 Å². The predicted octanol–water partition coefficient (Wildman–Crippen LogP) is 5.04. The van der Waals surface area contributed by atoms with Crippen LogP contribution in [-0.2, 0) is 4.79 Å². The summed E-state index contributed by atoms with van der Waals surface area (Å²) in [4.78, 5) is 17.7. The number of fused-ring (bicyclic) bond motifs is 1. The average molecular weight is 385 g/mol. The number of carbonyl (C=O) groups is 1. The third-order valence-corrected chi connectivity index (χ3v) is 5.07. The van der Waals surface area contributed by atoms with Crippen molar-refractivity contribution in [3.8, 4) is 0 Å². The SMILES string of the molecule is CCC(CC)C1N=C(c2ccccc2)c2cc(Br)ccc2NC1=O. The van der Waals surface area contributed by atoms with E-state index in [1.807, 2.05) is 48.5 Å². The molecule has 0 bridgehead atoms. The highest BCUT2D eigenvalue weighted by atomic mass is 79.9. The van der Waals surface area contributed by atoms with Crippen molar-refractivity contribution in [1.82, 2.24) is 0 Å². The predicted molar refractivity (Wildman–Crippen MR) is 103 cm³/mol. The lowest BCUT2D eigenvalue weighted by Crippen LogP contribution is -2.32. The molecule has 1 amide bonds. The van der Waals surface area contributed by atoms with Crippen LogP contribution in [0, 0.1) is 5.92 Å². The summed E-state index contributed by atoms with van der Waals surface area (Å²) >= 11 is 3.53. The van der Waals surface area contributed by atoms with Gasteiger partial charge in [-0.3, -0.25) is 9.79 Å². The second kappa shape index (κ2) is 7.31. The maximum Gasteiger partial charge on any atom is 0.249 e. The van der Waals surface area contributed by atoms with Crippen molar-refractivity contribution in [3.63, 3.8) is 0 Å². The van der Waals surface area contributed by atoms with Crippen LogP contribution >= 0.6 is 15.9 Å². The third kappa shape index (κ3) is 3.29. The number of carbonyl (C=O) groups excluding carboxylic acids is 1. The Balaban J connectivity index is 2.20. The molecule has 0 aromatic heterocycles. The molecule has 1 atom stereocenters. The molecule has 0 saturated heterocycles. The highest BCUT2D eigenvalue weighted by Crippen LogP contribution is 2.30. The van der Waals surface area contributed by atoms with Crippen LogP contribution in [0.15, 0.2) is 58.0 Å². The Kier molecular flexibility index (Phi) is 5.14. The first-order valence-electron chi connectivity index (χ1n) is 8.38. The highest BCUT2D eigenvalue weighted by molar-refractivity contribution is 9.10. The van der Waals surface area contributed by atoms with E-state index in [1.165, 1.54) is 0 Å². The summed E-state index contributed by atoms with van der Waals surface area (Å²) in [5.74, 6) is 0.222. The number of nitrogens with zero attached hydrogens (tertiary/aromatic N) is 1. The smallest absolute Gasteiger partial charge is 0.249 e. The Morgan fingerprint density at radius 2 is 1.83 bits per heavy atom. The van der Waals surface area contributed by atoms with Crippen LogP contribution in [0.2, 0.25) is 0 Å². The summed E-state index contributed by atoms with van der Waals surface area (Å²) in [6, 6.07) is 15.6. The summed E-state index contributed by atoms with van der Waals surface area (Å²) in [5, 5.41) is 3.07. The van der Waals surface area contributed by atoms with Crippen molar-refractivity contribution in [2.45, 2.75) is 32.7 Å². The standard InChI is InChI=1S/C20H21BrN2O/c1-3-13(4-2)19-20(24)22-17-11-10-15(21)12-16(17)18(23-19)14-8-6-5-7-9-14/h5-13,19H,3-4H2,1-2H3,(H,22,24). The fourth-order valence-electron chi connectivity index (χ4n) is 3.18. The van der Waals surface area contributed by atoms with Crippen molar-refractivity contribution >= 4 is 33.2 Å². The largest absolute Gasteiger partial charge is 0.324 e. The summed E-state index contributed by atoms with van der Waals surface area (Å²) in [6.45, 7) is 4.24. The molecule has 0 aliphatic carbocycles. The molecule has 0 fully saturated rings. The number of benzodiazepines with no additional fused rings is 1. The van der Waals surface area contributed by atoms with Gasteiger partial charge in [-0.2, -0.15) is 0 Å². The van der Waals surface area contributed by atoms with Crippen molar-refractivity contribution in [2.75, 3.05) is 5.32 Å². The second-order valence-electron chi connectivity index (χ2n) is 6.04. The van der Waals surface area contributed by atoms with Gasteiger partial charge in [0.15, 0.2) is 0 Å². The fourth-order valence-corrected chi connectivity index (χ4v) is 3.54. The van der Waals surface area contributed by atoms with Gasteiger partial charge in [-0.15, -0.1) is 0 Å². The minimum atomic E-state index is -0.360. The lowest BCUT2D eigenvalue weighted by atomic mass is 9.93. The minimum Gasteiger partial charge on any atom is -0.324 e. The van der Waals surface area contributed by atoms with Gasteiger partial charge in [0.1, 0.15) is 6.04 Å². The molecule has 1 heterocycles. The lowest BCUT2D eigenvalue weighted by molar-refractivity contribution is -0.118. The molecule has 0 radical (unpaired) electrons. The molecule has 124 valence electrons. The monoisotopic (exact) mass is 384 g/mol. The molecule has 0 saturated carbocycles. The Labute approximate surface area is 151 Å². The maximum atomic E-state index is 12.8. The van der Waals surface area contributed by atoms with Gasteiger partial charge in [-0.25, -0.2) is 0 Å². The number of amides is 1. The first kappa shape index (κ1) is 16.9. The molecule has 1 aliphatic rings. The Bertz CT molecular complexity index is 766. The Morgan fingerprint density at radius 3 is 2.50 bits per heavy atom. The first-order chi connectivity index (χ1) is 11.6. The lowest BCUT2D eigenvalue weighted by Gasteiger charge is -2.20. The molecule has 3 rings (SSSR count). The molecule has 2 aromatic rings. The molecule has 3 nitrogen and oxygen atoms in total. The summed E-state index contributed by atoms with van der Waals surface area (Å²) in [7, 11) is 0. The van der Waals surface area contributed by atoms with Crippen molar-refractivity contribution in [1.29, 1.82) is 0 Å². The quantitative estimate of drug-likeness (QED) is 0.787. The summed E-state index contributed by atoms with van der Waals surface area (Å²) in [5.41, 5.74) is 3.68. The number of rotatable bonds is 4. The molecule has 24 heavy (non-hydrogen) atoms. The summed E-state index contributed by atoms with van der Waals surface area (Å²) in [6.07, 6.45) is 1.86. The van der Waals surface area contributed by atoms with Gasteiger partial charge in [0, 0.05) is 15.6 Å². The third-order valence-electron chi connectivity index (χ3n) is 4.57. The molecule has 4 heteroatoms. The molecule has 1 unspecified atom stereocenters. The van der Waals surface area contributed by atoms with E-state index in [0.717, 1.165) is 39.8 Å². The number of anilines is 1. The molecule has 1 N–H and O–H groups in total. The number of nitrogens with one attached hydrogen (secondary N) is 1. The van der Waals surface area contributed by atoms with Gasteiger partial charge in [-0.05, 0) is 24.1 Å². The van der Waals surface area contributed by atoms with Crippen LogP contribution in [0.25, 0.3) is 0 Å². The van der Waals surface area contributed by atoms with Crippen molar-refractivity contribution in [2.24, 2.45) is 10.9 Å². The normalized spacial score (nSPS) is 17.1. The van der Waals surface area contributed by atoms with E-state index < -0.39 is 0 Å². The van der Waals surface area contributed by atoms with Gasteiger partial charge in [0.05, 0.1) is 11.4 Å². The average Bonchev–Trinajstić information content (AvgIpc) is 2.74. The van der Waals surface area contributed by atoms with E-state index >= 15 is 0 Å². The molecule has 0 spiro atoms. The minimum absolute atomic E-state index is 0.0156. The van der Waals surface area contributed by atoms with Crippen LogP contribution in [0.4, 0.5) is 5.69 Å². The van der Waals surface area contributed by atoms with Crippen molar-refractivity contribution < 1.29 is 4.79 Å². The maximum absolute atomic E-state index is 12.8. The number of hydrogen-bond donors (Lipinski definition) is 1. The number of hydrogen-bond acceptors (Lipinski definition) is 2. The van der Waals surface area contributed by atoms with Gasteiger partial charge in [-0.1, -0.05) is 73.0 Å². The summed E-state index contributed by atoms with van der Waals surface area (Å²) < 4.78 is 0.972. The van der Waals surface area contributed by atoms with Gasteiger partial charge < -0.3 is 5.32 Å². The van der Waals surface area contributed by atoms with E-state index in [4.69, 9.17) is 4.99 Å². The van der Waals surface area contributed by atoms with E-state index in [9.17, 15) is 4.79 Å². The Morgan fingerprint density at radius 1 is 1.12 bits per heavy atom. The van der Waals surface area contributed by atoms with E-state index in [1.54, 1.807) is 0 Å². The molecule has 1 aliphatic heterocycles. The highest BCUT2D eigenvalue weighted by Gasteiger charge is 2.30. The number of halogens is 1.